The van der Waals surface area contributed by atoms with Gasteiger partial charge in [-0.1, -0.05) is 0 Å². The molecule has 0 unspecified atom stereocenters. The molecule has 0 spiro atoms. The highest BCUT2D eigenvalue weighted by Gasteiger charge is 2.31. The van der Waals surface area contributed by atoms with Crippen LogP contribution in [0.5, 0.6) is 5.75 Å². The first-order valence-electron chi connectivity index (χ1n) is 12.3. The van der Waals surface area contributed by atoms with Crippen LogP contribution in [0.2, 0.25) is 0 Å². The van der Waals surface area contributed by atoms with Gasteiger partial charge in [0.15, 0.2) is 5.82 Å². The fourth-order valence-electron chi connectivity index (χ4n) is 4.42. The van der Waals surface area contributed by atoms with Crippen LogP contribution in [-0.4, -0.2) is 49.7 Å². The van der Waals surface area contributed by atoms with Crippen molar-refractivity contribution in [1.82, 2.24) is 24.5 Å². The number of aromatic nitrogens is 4. The predicted molar refractivity (Wildman–Crippen MR) is 135 cm³/mol. The molecule has 4 aromatic rings. The number of hydrogen-bond donors (Lipinski definition) is 0. The molecule has 4 heterocycles. The van der Waals surface area contributed by atoms with Crippen molar-refractivity contribution in [3.05, 3.63) is 65.5 Å². The summed E-state index contributed by atoms with van der Waals surface area (Å²) in [6, 6.07) is 11.7. The minimum Gasteiger partial charge on any atom is -0.464 e. The van der Waals surface area contributed by atoms with Gasteiger partial charge in [0.2, 0.25) is 0 Å². The van der Waals surface area contributed by atoms with Crippen LogP contribution in [0.15, 0.2) is 46.9 Å². The zero-order valence-electron chi connectivity index (χ0n) is 20.5. The normalized spacial score (nSPS) is 14.6. The second-order valence-corrected chi connectivity index (χ2v) is 10.2. The van der Waals surface area contributed by atoms with Crippen molar-refractivity contribution >= 4 is 17.5 Å². The fraction of sp³-hybridized carbons (Fsp3) is 0.423. The first-order valence-corrected chi connectivity index (χ1v) is 13.4. The van der Waals surface area contributed by atoms with Crippen molar-refractivity contribution in [3.8, 4) is 17.0 Å². The SMILES string of the molecule is Cc1cc(-c2ccc(OC(F)(F)F)cc2)n2nc(CCCSCc3ccc(CN4CCCC4)o3)nc2n1. The van der Waals surface area contributed by atoms with Gasteiger partial charge < -0.3 is 9.15 Å². The van der Waals surface area contributed by atoms with E-state index < -0.39 is 6.36 Å². The summed E-state index contributed by atoms with van der Waals surface area (Å²) in [5, 5.41) is 4.62. The molecule has 3 aromatic heterocycles. The summed E-state index contributed by atoms with van der Waals surface area (Å²) >= 11 is 1.82. The highest BCUT2D eigenvalue weighted by molar-refractivity contribution is 7.98. The number of alkyl halides is 3. The number of thioether (sulfide) groups is 1. The Bertz CT molecular complexity index is 1330. The van der Waals surface area contributed by atoms with Gasteiger partial charge in [0.1, 0.15) is 17.3 Å². The maximum absolute atomic E-state index is 12.5. The molecule has 1 aromatic carbocycles. The third-order valence-corrected chi connectivity index (χ3v) is 7.16. The van der Waals surface area contributed by atoms with Crippen LogP contribution in [0.25, 0.3) is 17.0 Å². The van der Waals surface area contributed by atoms with Crippen LogP contribution < -0.4 is 4.74 Å². The molecule has 0 aliphatic carbocycles. The first kappa shape index (κ1) is 25.6. The molecule has 7 nitrogen and oxygen atoms in total. The molecule has 0 amide bonds. The van der Waals surface area contributed by atoms with Gasteiger partial charge in [-0.25, -0.2) is 4.98 Å². The van der Waals surface area contributed by atoms with Crippen molar-refractivity contribution in [2.45, 2.75) is 51.3 Å². The molecule has 1 aliphatic rings. The van der Waals surface area contributed by atoms with Crippen molar-refractivity contribution in [2.24, 2.45) is 0 Å². The monoisotopic (exact) mass is 531 g/mol. The topological polar surface area (TPSA) is 68.7 Å². The van der Waals surface area contributed by atoms with Crippen LogP contribution in [0, 0.1) is 6.92 Å². The largest absolute Gasteiger partial charge is 0.573 e. The van der Waals surface area contributed by atoms with Gasteiger partial charge in [0.25, 0.3) is 5.78 Å². The van der Waals surface area contributed by atoms with E-state index in [0.717, 1.165) is 54.8 Å². The number of likely N-dealkylation sites (tertiary alicyclic amines) is 1. The van der Waals surface area contributed by atoms with Gasteiger partial charge >= 0.3 is 6.36 Å². The summed E-state index contributed by atoms with van der Waals surface area (Å²) in [6.45, 7) is 5.05. The fourth-order valence-corrected chi connectivity index (χ4v) is 5.27. The van der Waals surface area contributed by atoms with Crippen LogP contribution in [-0.2, 0) is 18.7 Å². The summed E-state index contributed by atoms with van der Waals surface area (Å²) in [5.74, 6) is 4.69. The first-order chi connectivity index (χ1) is 17.8. The molecule has 0 saturated carbocycles. The van der Waals surface area contributed by atoms with Crippen LogP contribution in [0.4, 0.5) is 13.2 Å². The molecule has 0 bridgehead atoms. The molecule has 1 aliphatic heterocycles. The average molecular weight is 532 g/mol. The minimum atomic E-state index is -4.73. The van der Waals surface area contributed by atoms with E-state index in [-0.39, 0.29) is 5.75 Å². The lowest BCUT2D eigenvalue weighted by Crippen LogP contribution is -2.17. The number of fused-ring (bicyclic) bond motifs is 1. The molecular formula is C26H28F3N5O2S. The molecule has 5 rings (SSSR count). The molecule has 0 N–H and O–H groups in total. The Hall–Kier alpha value is -3.05. The van der Waals surface area contributed by atoms with Crippen molar-refractivity contribution in [2.75, 3.05) is 18.8 Å². The molecule has 1 fully saturated rings. The molecule has 11 heteroatoms. The average Bonchev–Trinajstić information content (AvgIpc) is 3.60. The minimum absolute atomic E-state index is 0.271. The maximum atomic E-state index is 12.5. The van der Waals surface area contributed by atoms with E-state index in [2.05, 4.69) is 36.8 Å². The Kier molecular flexibility index (Phi) is 7.71. The second kappa shape index (κ2) is 11.1. The van der Waals surface area contributed by atoms with Gasteiger partial charge in [-0.2, -0.15) is 21.3 Å². The summed E-state index contributed by atoms with van der Waals surface area (Å²) in [4.78, 5) is 11.5. The number of ether oxygens (including phenoxy) is 1. The Morgan fingerprint density at radius 2 is 1.78 bits per heavy atom. The predicted octanol–water partition coefficient (Wildman–Crippen LogP) is 6.05. The van der Waals surface area contributed by atoms with Crippen molar-refractivity contribution < 1.29 is 22.3 Å². The van der Waals surface area contributed by atoms with E-state index in [1.54, 1.807) is 16.6 Å². The smallest absolute Gasteiger partial charge is 0.464 e. The Morgan fingerprint density at radius 1 is 1.03 bits per heavy atom. The van der Waals surface area contributed by atoms with E-state index in [0.29, 0.717) is 29.3 Å². The summed E-state index contributed by atoms with van der Waals surface area (Å²) in [6.07, 6.45) is -0.577. The lowest BCUT2D eigenvalue weighted by molar-refractivity contribution is -0.274. The Balaban J connectivity index is 1.16. The standard InChI is InChI=1S/C26H28F3N5O2S/c1-18-15-23(19-6-8-20(9-7-19)36-26(27,28)29)34-25(30-18)31-24(32-34)5-4-14-37-17-22-11-10-21(35-22)16-33-12-2-3-13-33/h6-11,15H,2-5,12-14,16-17H2,1H3. The lowest BCUT2D eigenvalue weighted by Gasteiger charge is -2.11. The summed E-state index contributed by atoms with van der Waals surface area (Å²) in [7, 11) is 0. The maximum Gasteiger partial charge on any atom is 0.573 e. The van der Waals surface area contributed by atoms with Crippen LogP contribution in [0.1, 0.15) is 42.3 Å². The molecule has 37 heavy (non-hydrogen) atoms. The number of furan rings is 1. The highest BCUT2D eigenvalue weighted by Crippen LogP contribution is 2.27. The third kappa shape index (κ3) is 6.84. The quantitative estimate of drug-likeness (QED) is 0.231. The van der Waals surface area contributed by atoms with Crippen molar-refractivity contribution in [1.29, 1.82) is 0 Å². The Morgan fingerprint density at radius 3 is 2.54 bits per heavy atom. The van der Waals surface area contributed by atoms with Crippen LogP contribution in [0.3, 0.4) is 0 Å². The van der Waals surface area contributed by atoms with Gasteiger partial charge in [-0.3, -0.25) is 4.90 Å². The molecule has 196 valence electrons. The highest BCUT2D eigenvalue weighted by atomic mass is 32.2. The zero-order chi connectivity index (χ0) is 25.8. The van der Waals surface area contributed by atoms with E-state index >= 15 is 0 Å². The van der Waals surface area contributed by atoms with Gasteiger partial charge in [-0.05, 0) is 87.5 Å². The molecule has 0 atom stereocenters. The van der Waals surface area contributed by atoms with E-state index in [9.17, 15) is 13.2 Å². The molecule has 0 radical (unpaired) electrons. The Labute approximate surface area is 217 Å². The number of halogens is 3. The number of rotatable bonds is 10. The van der Waals surface area contributed by atoms with E-state index in [1.165, 1.54) is 25.0 Å². The van der Waals surface area contributed by atoms with Crippen LogP contribution >= 0.6 is 11.8 Å². The molecule has 1 saturated heterocycles. The summed E-state index contributed by atoms with van der Waals surface area (Å²) < 4.78 is 49.0. The van der Waals surface area contributed by atoms with Gasteiger partial charge in [0, 0.05) is 17.7 Å². The zero-order valence-corrected chi connectivity index (χ0v) is 21.3. The van der Waals surface area contributed by atoms with Gasteiger partial charge in [-0.15, -0.1) is 18.3 Å². The number of aryl methyl sites for hydroxylation is 2. The molecular weight excluding hydrogens is 503 g/mol. The van der Waals surface area contributed by atoms with Crippen molar-refractivity contribution in [3.63, 3.8) is 0 Å². The second-order valence-electron chi connectivity index (χ2n) is 9.10. The van der Waals surface area contributed by atoms with Gasteiger partial charge in [0.05, 0.1) is 18.0 Å². The number of hydrogen-bond acceptors (Lipinski definition) is 7. The summed E-state index contributed by atoms with van der Waals surface area (Å²) in [5.41, 5.74) is 2.14. The van der Waals surface area contributed by atoms with E-state index in [1.807, 2.05) is 24.8 Å². The number of nitrogens with zero attached hydrogens (tertiary/aromatic N) is 5. The number of benzene rings is 1. The third-order valence-electron chi connectivity index (χ3n) is 6.10. The lowest BCUT2D eigenvalue weighted by atomic mass is 10.1. The van der Waals surface area contributed by atoms with E-state index in [4.69, 9.17) is 4.42 Å².